The molecular weight excluding hydrogens is 536 g/mol. The Kier molecular flexibility index (Phi) is 6.48. The number of carbonyl (C=O) groups is 1. The van der Waals surface area contributed by atoms with Crippen molar-refractivity contribution in [3.05, 3.63) is 163 Å². The molecule has 0 aliphatic heterocycles. The van der Waals surface area contributed by atoms with Gasteiger partial charge in [0.15, 0.2) is 5.82 Å². The van der Waals surface area contributed by atoms with Gasteiger partial charge in [-0.15, -0.1) is 0 Å². The van der Waals surface area contributed by atoms with Crippen LogP contribution in [0.5, 0.6) is 0 Å². The van der Waals surface area contributed by atoms with Crippen molar-refractivity contribution >= 4 is 17.6 Å². The molecule has 4 aromatic heterocycles. The van der Waals surface area contributed by atoms with Crippen LogP contribution in [0.2, 0.25) is 0 Å². The largest absolute Gasteiger partial charge is 0.465 e. The van der Waals surface area contributed by atoms with Crippen LogP contribution >= 0.6 is 0 Å². The van der Waals surface area contributed by atoms with Gasteiger partial charge in [-0.25, -0.2) is 9.78 Å². The van der Waals surface area contributed by atoms with Crippen molar-refractivity contribution in [2.24, 2.45) is 0 Å². The van der Waals surface area contributed by atoms with Gasteiger partial charge in [0, 0.05) is 29.7 Å². The van der Waals surface area contributed by atoms with E-state index in [2.05, 4.69) is 51.7 Å². The molecule has 0 spiro atoms. The molecular formula is C35H26N6O2. The molecule has 7 rings (SSSR count). The minimum Gasteiger partial charge on any atom is -0.465 e. The molecule has 3 aromatic carbocycles. The van der Waals surface area contributed by atoms with Crippen LogP contribution < -0.4 is 5.32 Å². The summed E-state index contributed by atoms with van der Waals surface area (Å²) in [6.45, 7) is 0. The Bertz CT molecular complexity index is 1920. The molecule has 4 heterocycles. The van der Waals surface area contributed by atoms with E-state index in [1.54, 1.807) is 12.4 Å². The first-order valence-corrected chi connectivity index (χ1v) is 13.8. The summed E-state index contributed by atoms with van der Waals surface area (Å²) >= 11 is 0. The van der Waals surface area contributed by atoms with Crippen LogP contribution in [-0.2, 0) is 5.54 Å². The minimum atomic E-state index is -1.20. The first-order valence-electron chi connectivity index (χ1n) is 13.8. The first-order chi connectivity index (χ1) is 21.1. The third-order valence-electron chi connectivity index (χ3n) is 7.60. The molecule has 0 saturated heterocycles. The van der Waals surface area contributed by atoms with Gasteiger partial charge in [0.05, 0.1) is 17.6 Å². The van der Waals surface area contributed by atoms with E-state index in [4.69, 9.17) is 5.10 Å². The second-order valence-corrected chi connectivity index (χ2v) is 10.1. The lowest BCUT2D eigenvalue weighted by molar-refractivity contribution is 0.209. The molecule has 7 aromatic rings. The number of aromatic nitrogens is 5. The standard InChI is InChI=1S/C35H26N6O2/c42-34(43)38-33-29(25-19-20-32-37-22-31(40(32)23-25)30-18-10-11-21-36-30)24-41(39-33)35(26-12-4-1-5-13-26,27-14-6-2-7-15-27)28-16-8-3-9-17-28/h1-24H,(H,38,39)(H,42,43). The number of hydrogen-bond donors (Lipinski definition) is 2. The smallest absolute Gasteiger partial charge is 0.410 e. The molecule has 0 saturated carbocycles. The Morgan fingerprint density at radius 2 is 1.30 bits per heavy atom. The lowest BCUT2D eigenvalue weighted by Gasteiger charge is -2.36. The van der Waals surface area contributed by atoms with Crippen LogP contribution in [-0.4, -0.2) is 35.3 Å². The van der Waals surface area contributed by atoms with Gasteiger partial charge in [0.2, 0.25) is 0 Å². The van der Waals surface area contributed by atoms with Crippen molar-refractivity contribution in [3.63, 3.8) is 0 Å². The molecule has 0 aliphatic rings. The summed E-state index contributed by atoms with van der Waals surface area (Å²) < 4.78 is 3.82. The Balaban J connectivity index is 1.50. The van der Waals surface area contributed by atoms with Crippen LogP contribution in [0.1, 0.15) is 16.7 Å². The fraction of sp³-hybridized carbons (Fsp3) is 0.0286. The molecule has 208 valence electrons. The molecule has 2 N–H and O–H groups in total. The van der Waals surface area contributed by atoms with Gasteiger partial charge in [-0.2, -0.15) is 5.10 Å². The number of hydrogen-bond acceptors (Lipinski definition) is 4. The van der Waals surface area contributed by atoms with Gasteiger partial charge in [-0.3, -0.25) is 19.4 Å². The molecule has 8 heteroatoms. The fourth-order valence-electron chi connectivity index (χ4n) is 5.73. The van der Waals surface area contributed by atoms with Crippen LogP contribution in [0, 0.1) is 0 Å². The number of rotatable bonds is 7. The maximum absolute atomic E-state index is 12.0. The lowest BCUT2D eigenvalue weighted by atomic mass is 9.77. The zero-order valence-corrected chi connectivity index (χ0v) is 22.9. The molecule has 0 unspecified atom stereocenters. The fourth-order valence-corrected chi connectivity index (χ4v) is 5.73. The monoisotopic (exact) mass is 562 g/mol. The quantitative estimate of drug-likeness (QED) is 0.200. The number of fused-ring (bicyclic) bond motifs is 1. The van der Waals surface area contributed by atoms with Gasteiger partial charge in [0.1, 0.15) is 11.2 Å². The summed E-state index contributed by atoms with van der Waals surface area (Å²) in [6.07, 6.45) is 6.18. The van der Waals surface area contributed by atoms with Crippen molar-refractivity contribution in [1.82, 2.24) is 24.1 Å². The van der Waals surface area contributed by atoms with E-state index in [0.29, 0.717) is 5.56 Å². The summed E-state index contributed by atoms with van der Waals surface area (Å²) in [5.41, 5.74) is 5.76. The van der Waals surface area contributed by atoms with E-state index >= 15 is 0 Å². The lowest BCUT2D eigenvalue weighted by Crippen LogP contribution is -2.38. The van der Waals surface area contributed by atoms with Crippen molar-refractivity contribution < 1.29 is 9.90 Å². The SMILES string of the molecule is O=C(O)Nc1nn(C(c2ccccc2)(c2ccccc2)c2ccccc2)cc1-c1ccc2ncc(-c3ccccn3)n2c1. The Labute approximate surface area is 247 Å². The third kappa shape index (κ3) is 4.51. The molecule has 0 bridgehead atoms. The van der Waals surface area contributed by atoms with Crippen LogP contribution in [0.25, 0.3) is 28.2 Å². The van der Waals surface area contributed by atoms with Crippen LogP contribution in [0.3, 0.4) is 0 Å². The number of carboxylic acid groups (broad SMARTS) is 1. The van der Waals surface area contributed by atoms with Crippen LogP contribution in [0.4, 0.5) is 10.6 Å². The first kappa shape index (κ1) is 25.9. The van der Waals surface area contributed by atoms with Crippen molar-refractivity contribution in [2.75, 3.05) is 5.32 Å². The summed E-state index contributed by atoms with van der Waals surface area (Å²) in [6, 6.07) is 40.0. The van der Waals surface area contributed by atoms with E-state index in [1.807, 2.05) is 106 Å². The Morgan fingerprint density at radius 3 is 1.86 bits per heavy atom. The summed E-state index contributed by atoms with van der Waals surface area (Å²) in [4.78, 5) is 21.1. The highest BCUT2D eigenvalue weighted by atomic mass is 16.4. The summed E-state index contributed by atoms with van der Waals surface area (Å²) in [5, 5.41) is 17.4. The van der Waals surface area contributed by atoms with Gasteiger partial charge >= 0.3 is 6.09 Å². The molecule has 8 nitrogen and oxygen atoms in total. The second-order valence-electron chi connectivity index (χ2n) is 10.1. The summed E-state index contributed by atoms with van der Waals surface area (Å²) in [5.74, 6) is 0.221. The van der Waals surface area contributed by atoms with Gasteiger partial charge in [-0.05, 0) is 41.0 Å². The van der Waals surface area contributed by atoms with Gasteiger partial charge in [0.25, 0.3) is 0 Å². The highest BCUT2D eigenvalue weighted by Gasteiger charge is 2.40. The highest BCUT2D eigenvalue weighted by molar-refractivity contribution is 5.88. The number of nitrogens with one attached hydrogen (secondary N) is 1. The average molecular weight is 563 g/mol. The number of benzene rings is 3. The number of nitrogens with zero attached hydrogens (tertiary/aromatic N) is 5. The topological polar surface area (TPSA) is 97.3 Å². The predicted molar refractivity (Wildman–Crippen MR) is 166 cm³/mol. The second kappa shape index (κ2) is 10.8. The maximum atomic E-state index is 12.0. The van der Waals surface area contributed by atoms with Crippen molar-refractivity contribution in [1.29, 1.82) is 0 Å². The summed E-state index contributed by atoms with van der Waals surface area (Å²) in [7, 11) is 0. The van der Waals surface area contributed by atoms with E-state index < -0.39 is 11.6 Å². The Hall–Kier alpha value is -6.02. The molecule has 0 aliphatic carbocycles. The Morgan fingerprint density at radius 1 is 0.698 bits per heavy atom. The molecule has 0 atom stereocenters. The van der Waals surface area contributed by atoms with Gasteiger partial charge in [-0.1, -0.05) is 97.1 Å². The van der Waals surface area contributed by atoms with Crippen molar-refractivity contribution in [2.45, 2.75) is 5.54 Å². The third-order valence-corrected chi connectivity index (χ3v) is 7.60. The van der Waals surface area contributed by atoms with E-state index in [-0.39, 0.29) is 5.82 Å². The number of anilines is 1. The number of imidazole rings is 1. The highest BCUT2D eigenvalue weighted by Crippen LogP contribution is 2.42. The average Bonchev–Trinajstić information content (AvgIpc) is 3.67. The molecule has 0 fully saturated rings. The minimum absolute atomic E-state index is 0.221. The zero-order chi connectivity index (χ0) is 29.2. The predicted octanol–water partition coefficient (Wildman–Crippen LogP) is 7.19. The van der Waals surface area contributed by atoms with E-state index in [1.165, 1.54) is 0 Å². The molecule has 0 radical (unpaired) electrons. The van der Waals surface area contributed by atoms with Crippen LogP contribution in [0.15, 0.2) is 146 Å². The molecule has 1 amide bonds. The van der Waals surface area contributed by atoms with E-state index in [0.717, 1.165) is 39.3 Å². The van der Waals surface area contributed by atoms with E-state index in [9.17, 15) is 9.90 Å². The number of pyridine rings is 2. The maximum Gasteiger partial charge on any atom is 0.410 e. The van der Waals surface area contributed by atoms with Crippen molar-refractivity contribution in [3.8, 4) is 22.5 Å². The zero-order valence-electron chi connectivity index (χ0n) is 22.9. The van der Waals surface area contributed by atoms with Gasteiger partial charge < -0.3 is 5.11 Å². The molecule has 43 heavy (non-hydrogen) atoms. The number of amides is 1. The normalized spacial score (nSPS) is 11.4.